The molecule has 10 nitrogen and oxygen atoms in total. The summed E-state index contributed by atoms with van der Waals surface area (Å²) in [4.78, 5) is 29.8. The van der Waals surface area contributed by atoms with Crippen LogP contribution in [0.1, 0.15) is 30.1 Å². The Labute approximate surface area is 173 Å². The molecule has 1 amide bonds. The maximum absolute atomic E-state index is 12.9. The number of fused-ring (bicyclic) bond motifs is 1. The third-order valence-electron chi connectivity index (χ3n) is 5.80. The molecule has 1 unspecified atom stereocenters. The highest BCUT2D eigenvalue weighted by Gasteiger charge is 2.44. The van der Waals surface area contributed by atoms with Crippen LogP contribution < -0.4 is 21.5 Å². The minimum atomic E-state index is -0.359. The molecule has 4 rings (SSSR count). The molecule has 3 aromatic heterocycles. The van der Waals surface area contributed by atoms with Gasteiger partial charge in [0.2, 0.25) is 0 Å². The number of nitrogens with one attached hydrogen (secondary N) is 3. The van der Waals surface area contributed by atoms with Gasteiger partial charge in [-0.05, 0) is 31.9 Å². The van der Waals surface area contributed by atoms with Gasteiger partial charge < -0.3 is 25.3 Å². The molecule has 30 heavy (non-hydrogen) atoms. The molecule has 158 valence electrons. The third kappa shape index (κ3) is 3.28. The first-order valence-electron chi connectivity index (χ1n) is 9.71. The number of methoxy groups -OCH3 is 1. The Balaban J connectivity index is 1.69. The van der Waals surface area contributed by atoms with E-state index in [1.165, 1.54) is 10.8 Å². The zero-order chi connectivity index (χ0) is 21.5. The molecular weight excluding hydrogens is 386 g/mol. The zero-order valence-corrected chi connectivity index (χ0v) is 17.4. The Kier molecular flexibility index (Phi) is 4.94. The van der Waals surface area contributed by atoms with E-state index >= 15 is 0 Å². The van der Waals surface area contributed by atoms with Crippen LogP contribution in [0.2, 0.25) is 0 Å². The zero-order valence-electron chi connectivity index (χ0n) is 17.4. The van der Waals surface area contributed by atoms with Crippen molar-refractivity contribution in [3.63, 3.8) is 0 Å². The maximum Gasteiger partial charge on any atom is 0.274 e. The van der Waals surface area contributed by atoms with E-state index in [1.54, 1.807) is 50.1 Å². The fraction of sp³-hybridized carbons (Fsp3) is 0.400. The molecule has 0 bridgehead atoms. The molecule has 0 spiro atoms. The van der Waals surface area contributed by atoms with Crippen LogP contribution in [-0.2, 0) is 11.8 Å². The van der Waals surface area contributed by atoms with E-state index in [2.05, 4.69) is 26.0 Å². The molecule has 0 aliphatic heterocycles. The lowest BCUT2D eigenvalue weighted by Crippen LogP contribution is -2.59. The van der Waals surface area contributed by atoms with Gasteiger partial charge in [-0.1, -0.05) is 0 Å². The number of carbonyl (C=O) groups is 1. The topological polar surface area (TPSA) is 115 Å². The lowest BCUT2D eigenvalue weighted by molar-refractivity contribution is -0.0828. The first-order valence-corrected chi connectivity index (χ1v) is 9.71. The highest BCUT2D eigenvalue weighted by Crippen LogP contribution is 2.35. The van der Waals surface area contributed by atoms with Crippen LogP contribution in [0.4, 0.5) is 17.3 Å². The summed E-state index contributed by atoms with van der Waals surface area (Å²) in [6, 6.07) is 5.11. The van der Waals surface area contributed by atoms with E-state index in [-0.39, 0.29) is 23.1 Å². The van der Waals surface area contributed by atoms with E-state index in [1.807, 2.05) is 6.92 Å². The number of ether oxygens (including phenoxy) is 1. The number of aryl methyl sites for hydroxylation is 1. The van der Waals surface area contributed by atoms with Crippen LogP contribution in [0.5, 0.6) is 0 Å². The van der Waals surface area contributed by atoms with E-state index < -0.39 is 0 Å². The van der Waals surface area contributed by atoms with Crippen molar-refractivity contribution < 1.29 is 9.53 Å². The third-order valence-corrected chi connectivity index (χ3v) is 5.80. The Hall–Kier alpha value is -3.40. The molecule has 1 saturated carbocycles. The number of carbonyl (C=O) groups excluding carboxylic acids is 1. The molecule has 1 aliphatic rings. The second-order valence-electron chi connectivity index (χ2n) is 7.61. The summed E-state index contributed by atoms with van der Waals surface area (Å²) in [7, 11) is 5.08. The van der Waals surface area contributed by atoms with Crippen molar-refractivity contribution in [2.45, 2.75) is 31.4 Å². The maximum atomic E-state index is 12.9. The lowest BCUT2D eigenvalue weighted by Gasteiger charge is -2.45. The van der Waals surface area contributed by atoms with Crippen LogP contribution in [-0.4, -0.2) is 50.9 Å². The summed E-state index contributed by atoms with van der Waals surface area (Å²) in [6.45, 7) is 1.98. The van der Waals surface area contributed by atoms with Crippen LogP contribution >= 0.6 is 0 Å². The summed E-state index contributed by atoms with van der Waals surface area (Å²) in [5.41, 5.74) is 0.576. The van der Waals surface area contributed by atoms with Gasteiger partial charge in [0.15, 0.2) is 5.65 Å². The quantitative estimate of drug-likeness (QED) is 0.563. The van der Waals surface area contributed by atoms with E-state index in [0.717, 1.165) is 12.8 Å². The first kappa shape index (κ1) is 19.9. The molecule has 1 aliphatic carbocycles. The number of aromatic nitrogens is 4. The molecule has 0 aromatic carbocycles. The normalized spacial score (nSPS) is 20.6. The number of hydrogen-bond donors (Lipinski definition) is 3. The molecule has 0 radical (unpaired) electrons. The van der Waals surface area contributed by atoms with Crippen molar-refractivity contribution >= 4 is 28.9 Å². The number of nitrogens with zero attached hydrogens (tertiary/aromatic N) is 4. The number of amides is 1. The standard InChI is InChI=1S/C20H25N7O3/c1-20(30-4)8-7-14(20)24-18(28)12-11-22-27-16(21-2)10-15(25-17(12)27)23-13-6-5-9-26(3)19(13)29/h5-6,9-11,14,21H,7-8H2,1-4H3,(H,23,25)(H,24,28)/t14?,20-/m1/s1. The van der Waals surface area contributed by atoms with E-state index in [4.69, 9.17) is 4.74 Å². The largest absolute Gasteiger partial charge is 0.376 e. The van der Waals surface area contributed by atoms with Gasteiger partial charge in [-0.3, -0.25) is 9.59 Å². The number of pyridine rings is 1. The lowest BCUT2D eigenvalue weighted by atomic mass is 9.76. The highest BCUT2D eigenvalue weighted by molar-refractivity contribution is 6.00. The summed E-state index contributed by atoms with van der Waals surface area (Å²) in [6.07, 6.45) is 4.92. The molecule has 1 fully saturated rings. The predicted octanol–water partition coefficient (Wildman–Crippen LogP) is 1.51. The number of anilines is 3. The smallest absolute Gasteiger partial charge is 0.274 e. The predicted molar refractivity (Wildman–Crippen MR) is 113 cm³/mol. The second-order valence-corrected chi connectivity index (χ2v) is 7.61. The van der Waals surface area contributed by atoms with Crippen LogP contribution in [0.25, 0.3) is 5.65 Å². The molecule has 3 N–H and O–H groups in total. The van der Waals surface area contributed by atoms with Crippen molar-refractivity contribution in [2.75, 3.05) is 24.8 Å². The molecule has 10 heteroatoms. The average Bonchev–Trinajstić information content (AvgIpc) is 3.17. The van der Waals surface area contributed by atoms with Gasteiger partial charge in [-0.2, -0.15) is 9.61 Å². The summed E-state index contributed by atoms with van der Waals surface area (Å²) >= 11 is 0. The molecule has 3 aromatic rings. The van der Waals surface area contributed by atoms with Gasteiger partial charge >= 0.3 is 0 Å². The van der Waals surface area contributed by atoms with Crippen LogP contribution in [0.15, 0.2) is 35.4 Å². The van der Waals surface area contributed by atoms with E-state index in [9.17, 15) is 9.59 Å². The van der Waals surface area contributed by atoms with E-state index in [0.29, 0.717) is 28.5 Å². The van der Waals surface area contributed by atoms with Gasteiger partial charge in [-0.25, -0.2) is 4.98 Å². The van der Waals surface area contributed by atoms with Gasteiger partial charge in [-0.15, -0.1) is 0 Å². The Morgan fingerprint density at radius 1 is 1.40 bits per heavy atom. The van der Waals surface area contributed by atoms with Crippen molar-refractivity contribution in [1.82, 2.24) is 24.5 Å². The first-order chi connectivity index (χ1) is 14.4. The fourth-order valence-electron chi connectivity index (χ4n) is 3.60. The van der Waals surface area contributed by atoms with Crippen molar-refractivity contribution in [2.24, 2.45) is 7.05 Å². The minimum absolute atomic E-state index is 0.0673. The fourth-order valence-corrected chi connectivity index (χ4v) is 3.60. The van der Waals surface area contributed by atoms with Gasteiger partial charge in [0, 0.05) is 33.5 Å². The van der Waals surface area contributed by atoms with Crippen LogP contribution in [0, 0.1) is 0 Å². The SMILES string of the molecule is CNc1cc(Nc2cccn(C)c2=O)nc2c(C(=O)NC3CC[C@@]3(C)OC)cnn12. The summed E-state index contributed by atoms with van der Waals surface area (Å²) in [5.74, 6) is 0.787. The minimum Gasteiger partial charge on any atom is -0.376 e. The van der Waals surface area contributed by atoms with Crippen molar-refractivity contribution in [1.29, 1.82) is 0 Å². The Morgan fingerprint density at radius 3 is 2.87 bits per heavy atom. The van der Waals surface area contributed by atoms with Crippen molar-refractivity contribution in [3.05, 3.63) is 46.5 Å². The van der Waals surface area contributed by atoms with Gasteiger partial charge in [0.05, 0.1) is 17.8 Å². The summed E-state index contributed by atoms with van der Waals surface area (Å²) in [5, 5.41) is 13.4. The van der Waals surface area contributed by atoms with Gasteiger partial charge in [0.25, 0.3) is 11.5 Å². The summed E-state index contributed by atoms with van der Waals surface area (Å²) < 4.78 is 8.56. The molecule has 0 saturated heterocycles. The molecule has 2 atom stereocenters. The highest BCUT2D eigenvalue weighted by atomic mass is 16.5. The van der Waals surface area contributed by atoms with Crippen molar-refractivity contribution in [3.8, 4) is 0 Å². The number of rotatable bonds is 6. The molecule has 3 heterocycles. The second kappa shape index (κ2) is 7.45. The van der Waals surface area contributed by atoms with Crippen LogP contribution in [0.3, 0.4) is 0 Å². The number of hydrogen-bond acceptors (Lipinski definition) is 7. The molecular formula is C20H25N7O3. The average molecular weight is 411 g/mol. The Morgan fingerprint density at radius 2 is 2.20 bits per heavy atom. The Bertz CT molecular complexity index is 1160. The van der Waals surface area contributed by atoms with Gasteiger partial charge in [0.1, 0.15) is 22.9 Å². The monoisotopic (exact) mass is 411 g/mol.